The van der Waals surface area contributed by atoms with E-state index in [-0.39, 0.29) is 5.92 Å². The summed E-state index contributed by atoms with van der Waals surface area (Å²) in [7, 11) is 0. The van der Waals surface area contributed by atoms with Crippen molar-refractivity contribution in [2.24, 2.45) is 5.92 Å². The lowest BCUT2D eigenvalue weighted by Crippen LogP contribution is -2.50. The first-order valence-electron chi connectivity index (χ1n) is 7.51. The third kappa shape index (κ3) is 2.59. The van der Waals surface area contributed by atoms with Crippen LogP contribution in [-0.2, 0) is 0 Å². The lowest BCUT2D eigenvalue weighted by molar-refractivity contribution is 0.0824. The van der Waals surface area contributed by atoms with Crippen molar-refractivity contribution < 1.29 is 4.79 Å². The second-order valence-electron chi connectivity index (χ2n) is 6.34. The first-order chi connectivity index (χ1) is 9.13. The van der Waals surface area contributed by atoms with Crippen molar-refractivity contribution in [3.63, 3.8) is 0 Å². The Kier molecular flexibility index (Phi) is 3.44. The Balaban J connectivity index is 1.80. The zero-order chi connectivity index (χ0) is 13.4. The van der Waals surface area contributed by atoms with E-state index in [1.165, 1.54) is 24.8 Å². The molecule has 0 spiro atoms. The fourth-order valence-electron chi connectivity index (χ4n) is 3.79. The highest BCUT2D eigenvalue weighted by atomic mass is 16.1. The molecule has 19 heavy (non-hydrogen) atoms. The Morgan fingerprint density at radius 2 is 1.84 bits per heavy atom. The molecule has 1 aromatic rings. The molecule has 2 nitrogen and oxygen atoms in total. The van der Waals surface area contributed by atoms with Crippen molar-refractivity contribution in [1.82, 2.24) is 5.32 Å². The lowest BCUT2D eigenvalue weighted by atomic mass is 9.77. The molecule has 3 rings (SSSR count). The predicted molar refractivity (Wildman–Crippen MR) is 77.5 cm³/mol. The quantitative estimate of drug-likeness (QED) is 0.823. The van der Waals surface area contributed by atoms with Crippen LogP contribution in [0.2, 0.25) is 0 Å². The highest BCUT2D eigenvalue weighted by molar-refractivity contribution is 5.99. The first-order valence-corrected chi connectivity index (χ1v) is 7.51. The average molecular weight is 257 g/mol. The van der Waals surface area contributed by atoms with Crippen molar-refractivity contribution in [2.75, 3.05) is 0 Å². The van der Waals surface area contributed by atoms with Gasteiger partial charge in [-0.15, -0.1) is 0 Å². The Bertz CT molecular complexity index is 482. The van der Waals surface area contributed by atoms with Gasteiger partial charge in [-0.1, -0.05) is 30.2 Å². The second kappa shape index (κ2) is 5.09. The Morgan fingerprint density at radius 1 is 1.16 bits per heavy atom. The van der Waals surface area contributed by atoms with Gasteiger partial charge in [0, 0.05) is 23.6 Å². The van der Waals surface area contributed by atoms with E-state index in [1.807, 2.05) is 6.07 Å². The largest absolute Gasteiger partial charge is 0.311 e. The molecule has 102 valence electrons. The van der Waals surface area contributed by atoms with Crippen molar-refractivity contribution in [3.05, 3.63) is 34.9 Å². The summed E-state index contributed by atoms with van der Waals surface area (Å²) in [6.45, 7) is 4.14. The van der Waals surface area contributed by atoms with Crippen LogP contribution >= 0.6 is 0 Å². The monoisotopic (exact) mass is 257 g/mol. The van der Waals surface area contributed by atoms with E-state index in [0.29, 0.717) is 17.9 Å². The molecule has 2 heteroatoms. The SMILES string of the molecule is Cc1ccc(C(=O)C2CC3CCCC(C2)N3)c(C)c1. The number of piperidine rings is 2. The fraction of sp³-hybridized carbons (Fsp3) is 0.588. The fourth-order valence-corrected chi connectivity index (χ4v) is 3.79. The van der Waals surface area contributed by atoms with Crippen LogP contribution in [0.15, 0.2) is 18.2 Å². The molecule has 1 aromatic carbocycles. The zero-order valence-electron chi connectivity index (χ0n) is 11.9. The van der Waals surface area contributed by atoms with Crippen LogP contribution in [0.4, 0.5) is 0 Å². The minimum Gasteiger partial charge on any atom is -0.311 e. The van der Waals surface area contributed by atoms with Crippen LogP contribution in [0.25, 0.3) is 0 Å². The minimum atomic E-state index is 0.234. The molecular formula is C17H23NO. The van der Waals surface area contributed by atoms with E-state index in [9.17, 15) is 4.79 Å². The Hall–Kier alpha value is -1.15. The zero-order valence-corrected chi connectivity index (χ0v) is 11.9. The summed E-state index contributed by atoms with van der Waals surface area (Å²) in [6, 6.07) is 7.35. The number of hydrogen-bond acceptors (Lipinski definition) is 2. The van der Waals surface area contributed by atoms with E-state index >= 15 is 0 Å². The van der Waals surface area contributed by atoms with E-state index in [1.54, 1.807) is 0 Å². The second-order valence-corrected chi connectivity index (χ2v) is 6.34. The topological polar surface area (TPSA) is 29.1 Å². The van der Waals surface area contributed by atoms with Crippen LogP contribution in [-0.4, -0.2) is 17.9 Å². The van der Waals surface area contributed by atoms with E-state index in [4.69, 9.17) is 0 Å². The Labute approximate surface area is 115 Å². The third-order valence-corrected chi connectivity index (χ3v) is 4.73. The van der Waals surface area contributed by atoms with Gasteiger partial charge in [0.25, 0.3) is 0 Å². The van der Waals surface area contributed by atoms with Crippen LogP contribution in [0.5, 0.6) is 0 Å². The molecule has 0 saturated carbocycles. The van der Waals surface area contributed by atoms with Crippen LogP contribution in [0, 0.1) is 19.8 Å². The van der Waals surface area contributed by atoms with Crippen molar-refractivity contribution in [2.45, 2.75) is 58.0 Å². The number of carbonyl (C=O) groups is 1. The predicted octanol–water partition coefficient (Wildman–Crippen LogP) is 3.41. The summed E-state index contributed by atoms with van der Waals surface area (Å²) in [6.07, 6.45) is 5.87. The van der Waals surface area contributed by atoms with E-state index < -0.39 is 0 Å². The van der Waals surface area contributed by atoms with Gasteiger partial charge >= 0.3 is 0 Å². The molecule has 0 aliphatic carbocycles. The smallest absolute Gasteiger partial charge is 0.166 e. The maximum absolute atomic E-state index is 12.7. The number of ketones is 1. The molecule has 2 bridgehead atoms. The van der Waals surface area contributed by atoms with Gasteiger partial charge in [-0.2, -0.15) is 0 Å². The highest BCUT2D eigenvalue weighted by Gasteiger charge is 2.35. The molecule has 2 saturated heterocycles. The molecule has 0 amide bonds. The first kappa shape index (κ1) is 12.9. The third-order valence-electron chi connectivity index (χ3n) is 4.73. The number of fused-ring (bicyclic) bond motifs is 2. The molecule has 2 aliphatic heterocycles. The summed E-state index contributed by atoms with van der Waals surface area (Å²) in [5.74, 6) is 0.605. The molecule has 1 N–H and O–H groups in total. The average Bonchev–Trinajstić information content (AvgIpc) is 2.37. The number of rotatable bonds is 2. The molecule has 2 fully saturated rings. The van der Waals surface area contributed by atoms with Crippen LogP contribution in [0.3, 0.4) is 0 Å². The van der Waals surface area contributed by atoms with Gasteiger partial charge < -0.3 is 5.32 Å². The molecule has 0 radical (unpaired) electrons. The van der Waals surface area contributed by atoms with Crippen LogP contribution in [0.1, 0.15) is 53.6 Å². The Morgan fingerprint density at radius 3 is 2.47 bits per heavy atom. The number of benzene rings is 1. The van der Waals surface area contributed by atoms with Crippen molar-refractivity contribution >= 4 is 5.78 Å². The summed E-state index contributed by atoms with van der Waals surface area (Å²) in [4.78, 5) is 12.7. The summed E-state index contributed by atoms with van der Waals surface area (Å²) in [5.41, 5.74) is 3.31. The number of Topliss-reactive ketones (excluding diaryl/α,β-unsaturated/α-hetero) is 1. The van der Waals surface area contributed by atoms with Gasteiger partial charge in [0.15, 0.2) is 5.78 Å². The molecule has 2 unspecified atom stereocenters. The van der Waals surface area contributed by atoms with Crippen LogP contribution < -0.4 is 5.32 Å². The van der Waals surface area contributed by atoms with E-state index in [0.717, 1.165) is 24.0 Å². The molecule has 2 heterocycles. The number of hydrogen-bond donors (Lipinski definition) is 1. The lowest BCUT2D eigenvalue weighted by Gasteiger charge is -2.39. The van der Waals surface area contributed by atoms with Gasteiger partial charge in [0.2, 0.25) is 0 Å². The van der Waals surface area contributed by atoms with Crippen molar-refractivity contribution in [1.29, 1.82) is 0 Å². The number of carbonyl (C=O) groups excluding carboxylic acids is 1. The van der Waals surface area contributed by atoms with Crippen molar-refractivity contribution in [3.8, 4) is 0 Å². The summed E-state index contributed by atoms with van der Waals surface area (Å²) >= 11 is 0. The number of nitrogens with one attached hydrogen (secondary N) is 1. The normalized spacial score (nSPS) is 30.1. The van der Waals surface area contributed by atoms with Gasteiger partial charge in [0.1, 0.15) is 0 Å². The minimum absolute atomic E-state index is 0.234. The van der Waals surface area contributed by atoms with E-state index in [2.05, 4.69) is 31.3 Å². The van der Waals surface area contributed by atoms with Gasteiger partial charge in [-0.3, -0.25) is 4.79 Å². The maximum atomic E-state index is 12.7. The van der Waals surface area contributed by atoms with Gasteiger partial charge in [-0.25, -0.2) is 0 Å². The van der Waals surface area contributed by atoms with Gasteiger partial charge in [0.05, 0.1) is 0 Å². The molecule has 2 atom stereocenters. The maximum Gasteiger partial charge on any atom is 0.166 e. The summed E-state index contributed by atoms with van der Waals surface area (Å²) in [5, 5.41) is 3.66. The molecular weight excluding hydrogens is 234 g/mol. The molecule has 0 aromatic heterocycles. The highest BCUT2D eigenvalue weighted by Crippen LogP contribution is 2.32. The number of aryl methyl sites for hydroxylation is 2. The molecule has 2 aliphatic rings. The summed E-state index contributed by atoms with van der Waals surface area (Å²) < 4.78 is 0. The standard InChI is InChI=1S/C17H23NO/c1-11-6-7-16(12(2)8-11)17(19)13-9-14-4-3-5-15(10-13)18-14/h6-8,13-15,18H,3-5,9-10H2,1-2H3. The van der Waals surface area contributed by atoms with Gasteiger partial charge in [-0.05, 0) is 45.1 Å².